The van der Waals surface area contributed by atoms with Crippen molar-refractivity contribution >= 4 is 11.9 Å². The zero-order valence-electron chi connectivity index (χ0n) is 20.4. The molecule has 180 valence electrons. The van der Waals surface area contributed by atoms with E-state index in [0.717, 1.165) is 37.5 Å². The molecule has 2 fully saturated rings. The molecule has 2 aliphatic rings. The summed E-state index contributed by atoms with van der Waals surface area (Å²) in [6, 6.07) is 0. The molecule has 0 aromatic carbocycles. The van der Waals surface area contributed by atoms with Crippen LogP contribution in [0.2, 0.25) is 0 Å². The van der Waals surface area contributed by atoms with Crippen molar-refractivity contribution < 1.29 is 23.8 Å². The normalized spacial score (nSPS) is 24.8. The van der Waals surface area contributed by atoms with Crippen LogP contribution in [0.15, 0.2) is 0 Å². The first-order valence-corrected chi connectivity index (χ1v) is 12.9. The number of esters is 2. The molecule has 1 saturated carbocycles. The number of hydrogen-bond acceptors (Lipinski definition) is 5. The van der Waals surface area contributed by atoms with Crippen LogP contribution in [0.5, 0.6) is 0 Å². The van der Waals surface area contributed by atoms with Crippen molar-refractivity contribution in [3.8, 4) is 0 Å². The molecule has 1 heterocycles. The second-order valence-corrected chi connectivity index (χ2v) is 10.4. The molecule has 1 aliphatic heterocycles. The Balaban J connectivity index is 1.63. The first-order valence-electron chi connectivity index (χ1n) is 12.9. The van der Waals surface area contributed by atoms with Gasteiger partial charge >= 0.3 is 11.9 Å². The Hall–Kier alpha value is -1.10. The third kappa shape index (κ3) is 10.4. The van der Waals surface area contributed by atoms with E-state index in [9.17, 15) is 9.59 Å². The molecule has 0 aromatic heterocycles. The topological polar surface area (TPSA) is 65.1 Å². The van der Waals surface area contributed by atoms with Gasteiger partial charge in [0.2, 0.25) is 0 Å². The summed E-state index contributed by atoms with van der Waals surface area (Å²) < 4.78 is 16.7. The van der Waals surface area contributed by atoms with Crippen LogP contribution in [0, 0.1) is 23.7 Å². The number of carbonyl (C=O) groups excluding carboxylic acids is 2. The number of fused-ring (bicyclic) bond motifs is 1. The van der Waals surface area contributed by atoms with Gasteiger partial charge in [-0.3, -0.25) is 9.59 Å². The molecule has 1 saturated heterocycles. The lowest BCUT2D eigenvalue weighted by Crippen LogP contribution is -2.37. The zero-order chi connectivity index (χ0) is 22.6. The largest absolute Gasteiger partial charge is 0.465 e. The minimum Gasteiger partial charge on any atom is -0.465 e. The van der Waals surface area contributed by atoms with Crippen LogP contribution >= 0.6 is 0 Å². The van der Waals surface area contributed by atoms with Crippen molar-refractivity contribution in [3.05, 3.63) is 0 Å². The number of unbranched alkanes of at least 4 members (excludes halogenated alkanes) is 6. The van der Waals surface area contributed by atoms with Gasteiger partial charge in [0.25, 0.3) is 0 Å². The third-order valence-electron chi connectivity index (χ3n) is 6.59. The Bertz CT molecular complexity index is 484. The highest BCUT2D eigenvalue weighted by atomic mass is 16.6. The monoisotopic (exact) mass is 438 g/mol. The fraction of sp³-hybridized carbons (Fsp3) is 0.923. The van der Waals surface area contributed by atoms with Crippen LogP contribution in [-0.2, 0) is 23.8 Å². The molecular formula is C26H46O5. The minimum atomic E-state index is -0.414. The average molecular weight is 439 g/mol. The van der Waals surface area contributed by atoms with E-state index < -0.39 is 11.8 Å². The SMILES string of the molecule is CC(C)CCCCCCOC(=O)C1CC2OC2CC1C(=O)OCCCCCCC(C)C. The maximum absolute atomic E-state index is 12.7. The fourth-order valence-electron chi connectivity index (χ4n) is 4.52. The quantitative estimate of drug-likeness (QED) is 0.166. The zero-order valence-corrected chi connectivity index (χ0v) is 20.4. The maximum atomic E-state index is 12.7. The lowest BCUT2D eigenvalue weighted by molar-refractivity contribution is -0.162. The summed E-state index contributed by atoms with van der Waals surface area (Å²) in [4.78, 5) is 25.3. The lowest BCUT2D eigenvalue weighted by atomic mass is 9.79. The smallest absolute Gasteiger partial charge is 0.309 e. The van der Waals surface area contributed by atoms with E-state index in [1.807, 2.05) is 0 Å². The number of ether oxygens (including phenoxy) is 3. The molecule has 0 spiro atoms. The van der Waals surface area contributed by atoms with Gasteiger partial charge in [-0.1, -0.05) is 79.1 Å². The highest BCUT2D eigenvalue weighted by Crippen LogP contribution is 2.43. The van der Waals surface area contributed by atoms with Gasteiger partial charge in [0, 0.05) is 0 Å². The van der Waals surface area contributed by atoms with Crippen molar-refractivity contribution in [1.82, 2.24) is 0 Å². The summed E-state index contributed by atoms with van der Waals surface area (Å²) >= 11 is 0. The highest BCUT2D eigenvalue weighted by Gasteiger charge is 2.53. The molecule has 31 heavy (non-hydrogen) atoms. The summed E-state index contributed by atoms with van der Waals surface area (Å²) in [5.74, 6) is 0.184. The van der Waals surface area contributed by atoms with Crippen molar-refractivity contribution in [2.24, 2.45) is 23.7 Å². The molecular weight excluding hydrogens is 392 g/mol. The van der Waals surface area contributed by atoms with Gasteiger partial charge in [0.1, 0.15) is 0 Å². The van der Waals surface area contributed by atoms with Crippen molar-refractivity contribution in [2.75, 3.05) is 13.2 Å². The summed E-state index contributed by atoms with van der Waals surface area (Å²) in [5, 5.41) is 0. The van der Waals surface area contributed by atoms with Gasteiger partial charge in [-0.05, 0) is 37.5 Å². The van der Waals surface area contributed by atoms with Gasteiger partial charge in [-0.2, -0.15) is 0 Å². The molecule has 0 radical (unpaired) electrons. The standard InChI is InChI=1S/C26H46O5/c1-19(2)13-9-5-7-11-15-29-25(27)21-17-23-24(31-23)18-22(21)26(28)30-16-12-8-6-10-14-20(3)4/h19-24H,5-18H2,1-4H3. The Morgan fingerprint density at radius 2 is 1.06 bits per heavy atom. The van der Waals surface area contributed by atoms with Gasteiger partial charge in [-0.15, -0.1) is 0 Å². The average Bonchev–Trinajstić information content (AvgIpc) is 3.49. The van der Waals surface area contributed by atoms with E-state index in [4.69, 9.17) is 14.2 Å². The van der Waals surface area contributed by atoms with Crippen molar-refractivity contribution in [1.29, 1.82) is 0 Å². The molecule has 5 nitrogen and oxygen atoms in total. The van der Waals surface area contributed by atoms with Crippen LogP contribution in [0.25, 0.3) is 0 Å². The first-order chi connectivity index (χ1) is 14.9. The third-order valence-corrected chi connectivity index (χ3v) is 6.59. The van der Waals surface area contributed by atoms with E-state index in [0.29, 0.717) is 26.1 Å². The second kappa shape index (κ2) is 14.1. The lowest BCUT2D eigenvalue weighted by Gasteiger charge is -2.26. The van der Waals surface area contributed by atoms with Crippen LogP contribution in [0.1, 0.15) is 105 Å². The predicted molar refractivity (Wildman–Crippen MR) is 123 cm³/mol. The van der Waals surface area contributed by atoms with E-state index in [-0.39, 0.29) is 24.1 Å². The maximum Gasteiger partial charge on any atom is 0.309 e. The van der Waals surface area contributed by atoms with Gasteiger partial charge in [-0.25, -0.2) is 0 Å². The Morgan fingerprint density at radius 3 is 1.45 bits per heavy atom. The molecule has 0 bridgehead atoms. The van der Waals surface area contributed by atoms with Crippen LogP contribution in [-0.4, -0.2) is 37.4 Å². The Kier molecular flexibility index (Phi) is 11.9. The van der Waals surface area contributed by atoms with E-state index in [1.165, 1.54) is 38.5 Å². The number of epoxide rings is 1. The minimum absolute atomic E-state index is 0.124. The van der Waals surface area contributed by atoms with Crippen molar-refractivity contribution in [3.63, 3.8) is 0 Å². The predicted octanol–water partition coefficient (Wildman–Crippen LogP) is 6.08. The van der Waals surface area contributed by atoms with Gasteiger partial charge in [0.05, 0.1) is 37.3 Å². The summed E-state index contributed by atoms with van der Waals surface area (Å²) in [5.41, 5.74) is 0. The molecule has 4 unspecified atom stereocenters. The summed E-state index contributed by atoms with van der Waals surface area (Å²) in [6.45, 7) is 9.88. The Morgan fingerprint density at radius 1 is 0.677 bits per heavy atom. The van der Waals surface area contributed by atoms with E-state index in [1.54, 1.807) is 0 Å². The van der Waals surface area contributed by atoms with E-state index in [2.05, 4.69) is 27.7 Å². The molecule has 1 aliphatic carbocycles. The van der Waals surface area contributed by atoms with Crippen molar-refractivity contribution in [2.45, 2.75) is 117 Å². The van der Waals surface area contributed by atoms with Crippen LogP contribution in [0.3, 0.4) is 0 Å². The molecule has 0 amide bonds. The fourth-order valence-corrected chi connectivity index (χ4v) is 4.52. The van der Waals surface area contributed by atoms with Gasteiger partial charge < -0.3 is 14.2 Å². The highest BCUT2D eigenvalue weighted by molar-refractivity contribution is 5.82. The molecule has 5 heteroatoms. The molecule has 4 atom stereocenters. The number of hydrogen-bond donors (Lipinski definition) is 0. The first kappa shape index (κ1) is 26.2. The summed E-state index contributed by atoms with van der Waals surface area (Å²) in [7, 11) is 0. The summed E-state index contributed by atoms with van der Waals surface area (Å²) in [6.07, 6.45) is 12.7. The Labute approximate surface area is 190 Å². The van der Waals surface area contributed by atoms with Crippen LogP contribution in [0.4, 0.5) is 0 Å². The van der Waals surface area contributed by atoms with Gasteiger partial charge in [0.15, 0.2) is 0 Å². The molecule has 0 N–H and O–H groups in total. The van der Waals surface area contributed by atoms with E-state index >= 15 is 0 Å². The number of carbonyl (C=O) groups is 2. The second-order valence-electron chi connectivity index (χ2n) is 10.4. The molecule has 2 rings (SSSR count). The van der Waals surface area contributed by atoms with Crippen LogP contribution < -0.4 is 0 Å². The number of rotatable bonds is 16. The molecule has 0 aromatic rings.